The zero-order valence-electron chi connectivity index (χ0n) is 15.2. The van der Waals surface area contributed by atoms with Crippen molar-refractivity contribution in [2.75, 3.05) is 6.54 Å². The normalized spacial score (nSPS) is 17.3. The van der Waals surface area contributed by atoms with E-state index in [4.69, 9.17) is 9.84 Å². The molecule has 0 saturated heterocycles. The van der Waals surface area contributed by atoms with Crippen molar-refractivity contribution in [1.29, 1.82) is 0 Å². The molecule has 0 radical (unpaired) electrons. The third-order valence-corrected chi connectivity index (χ3v) is 5.43. The molecular weight excluding hydrogens is 330 g/mol. The first kappa shape index (κ1) is 17.0. The quantitative estimate of drug-likeness (QED) is 0.823. The van der Waals surface area contributed by atoms with Crippen molar-refractivity contribution in [2.45, 2.75) is 58.7 Å². The lowest BCUT2D eigenvalue weighted by atomic mass is 10.0. The Kier molecular flexibility index (Phi) is 4.86. The molecule has 7 heteroatoms. The Bertz CT molecular complexity index is 768. The Morgan fingerprint density at radius 3 is 2.88 bits per heavy atom. The van der Waals surface area contributed by atoms with Crippen LogP contribution >= 0.6 is 0 Å². The van der Waals surface area contributed by atoms with Crippen molar-refractivity contribution < 1.29 is 9.53 Å². The molecule has 0 atom stereocenters. The van der Waals surface area contributed by atoms with Crippen LogP contribution in [0.1, 0.15) is 49.6 Å². The van der Waals surface area contributed by atoms with Gasteiger partial charge in [0.25, 0.3) is 0 Å². The van der Waals surface area contributed by atoms with Gasteiger partial charge >= 0.3 is 0 Å². The summed E-state index contributed by atoms with van der Waals surface area (Å²) in [4.78, 5) is 23.0. The summed E-state index contributed by atoms with van der Waals surface area (Å²) in [5.41, 5.74) is 3.28. The molecule has 138 valence electrons. The van der Waals surface area contributed by atoms with E-state index in [1.54, 1.807) is 18.6 Å². The van der Waals surface area contributed by atoms with Gasteiger partial charge in [-0.15, -0.1) is 0 Å². The van der Waals surface area contributed by atoms with E-state index in [1.165, 1.54) is 18.5 Å². The largest absolute Gasteiger partial charge is 0.470 e. The van der Waals surface area contributed by atoms with E-state index in [-0.39, 0.29) is 5.92 Å². The van der Waals surface area contributed by atoms with Crippen molar-refractivity contribution in [3.63, 3.8) is 0 Å². The van der Waals surface area contributed by atoms with E-state index in [0.717, 1.165) is 43.6 Å². The number of carbonyl (C=O) groups is 1. The molecular formula is C19H25N5O2. The second kappa shape index (κ2) is 7.43. The van der Waals surface area contributed by atoms with Crippen molar-refractivity contribution in [2.24, 2.45) is 5.92 Å². The van der Waals surface area contributed by atoms with Crippen LogP contribution in [0.3, 0.4) is 0 Å². The summed E-state index contributed by atoms with van der Waals surface area (Å²) in [5.74, 6) is 1.03. The number of ether oxygens (including phenoxy) is 1. The Labute approximate surface area is 153 Å². The fourth-order valence-electron chi connectivity index (χ4n) is 4.06. The van der Waals surface area contributed by atoms with Gasteiger partial charge in [-0.3, -0.25) is 14.5 Å². The predicted octanol–water partition coefficient (Wildman–Crippen LogP) is 2.35. The summed E-state index contributed by atoms with van der Waals surface area (Å²) in [5, 5.41) is 4.72. The van der Waals surface area contributed by atoms with Crippen LogP contribution in [0.5, 0.6) is 5.88 Å². The molecule has 2 aliphatic rings. The summed E-state index contributed by atoms with van der Waals surface area (Å²) >= 11 is 0. The average Bonchev–Trinajstić information content (AvgIpc) is 3.34. The molecule has 0 unspecified atom stereocenters. The van der Waals surface area contributed by atoms with Crippen molar-refractivity contribution in [3.8, 4) is 5.88 Å². The summed E-state index contributed by atoms with van der Waals surface area (Å²) in [6.45, 7) is 4.70. The second-order valence-electron chi connectivity index (χ2n) is 7.01. The highest BCUT2D eigenvalue weighted by atomic mass is 16.5. The van der Waals surface area contributed by atoms with E-state index in [9.17, 15) is 4.79 Å². The van der Waals surface area contributed by atoms with Crippen LogP contribution in [0.4, 0.5) is 0 Å². The predicted molar refractivity (Wildman–Crippen MR) is 95.3 cm³/mol. The highest BCUT2D eigenvalue weighted by molar-refractivity contribution is 5.79. The number of rotatable bonds is 5. The van der Waals surface area contributed by atoms with Crippen LogP contribution in [-0.4, -0.2) is 37.1 Å². The molecule has 0 aromatic carbocycles. The number of fused-ring (bicyclic) bond motifs is 1. The van der Waals surface area contributed by atoms with E-state index in [0.29, 0.717) is 24.9 Å². The van der Waals surface area contributed by atoms with Gasteiger partial charge in [-0.25, -0.2) is 4.98 Å². The lowest BCUT2D eigenvalue weighted by Crippen LogP contribution is -2.39. The van der Waals surface area contributed by atoms with E-state index >= 15 is 0 Å². The smallest absolute Gasteiger partial charge is 0.232 e. The van der Waals surface area contributed by atoms with Crippen molar-refractivity contribution >= 4 is 5.91 Å². The minimum absolute atomic E-state index is 0.220. The van der Waals surface area contributed by atoms with Gasteiger partial charge in [-0.2, -0.15) is 5.10 Å². The molecule has 1 aliphatic heterocycles. The Hall–Kier alpha value is -2.44. The molecule has 1 saturated carbocycles. The molecule has 0 bridgehead atoms. The van der Waals surface area contributed by atoms with Crippen molar-refractivity contribution in [3.05, 3.63) is 35.5 Å². The molecule has 4 rings (SSSR count). The first-order chi connectivity index (χ1) is 12.8. The third-order valence-electron chi connectivity index (χ3n) is 5.43. The number of carbonyl (C=O) groups excluding carboxylic acids is 1. The molecule has 2 aromatic rings. The monoisotopic (exact) mass is 355 g/mol. The number of hydrogen-bond acceptors (Lipinski definition) is 5. The number of nitrogens with zero attached hydrogens (tertiary/aromatic N) is 5. The SMILES string of the molecule is CCn1nc(COc2cnccn2)c2c1CCN(C(=O)C1CCCC1)C2. The summed E-state index contributed by atoms with van der Waals surface area (Å²) < 4.78 is 7.80. The number of hydrogen-bond donors (Lipinski definition) is 0. The number of aromatic nitrogens is 4. The van der Waals surface area contributed by atoms with Gasteiger partial charge in [0.05, 0.1) is 6.20 Å². The molecule has 1 fully saturated rings. The minimum Gasteiger partial charge on any atom is -0.470 e. The average molecular weight is 355 g/mol. The van der Waals surface area contributed by atoms with Crippen molar-refractivity contribution in [1.82, 2.24) is 24.6 Å². The fraction of sp³-hybridized carbons (Fsp3) is 0.579. The van der Waals surface area contributed by atoms with Crippen LogP contribution < -0.4 is 4.74 Å². The standard InChI is InChI=1S/C19H25N5O2/c1-2-24-17-7-10-23(19(25)14-5-3-4-6-14)12-15(17)16(22-24)13-26-18-11-20-8-9-21-18/h8-9,11,14H,2-7,10,12-13H2,1H3. The van der Waals surface area contributed by atoms with Crippen LogP contribution in [-0.2, 0) is 30.9 Å². The molecule has 1 amide bonds. The second-order valence-corrected chi connectivity index (χ2v) is 7.01. The molecule has 3 heterocycles. The molecule has 2 aromatic heterocycles. The maximum absolute atomic E-state index is 12.8. The van der Waals surface area contributed by atoms with Gasteiger partial charge in [-0.05, 0) is 19.8 Å². The van der Waals surface area contributed by atoms with E-state index in [2.05, 4.69) is 16.9 Å². The molecule has 26 heavy (non-hydrogen) atoms. The Balaban J connectivity index is 1.52. The van der Waals surface area contributed by atoms with Crippen LogP contribution in [0, 0.1) is 5.92 Å². The van der Waals surface area contributed by atoms with Gasteiger partial charge in [0, 0.05) is 55.6 Å². The third kappa shape index (κ3) is 3.30. The first-order valence-electron chi connectivity index (χ1n) is 9.51. The highest BCUT2D eigenvalue weighted by Crippen LogP contribution is 2.30. The Morgan fingerprint density at radius 2 is 2.15 bits per heavy atom. The van der Waals surface area contributed by atoms with Gasteiger partial charge < -0.3 is 9.64 Å². The first-order valence-corrected chi connectivity index (χ1v) is 9.51. The van der Waals surface area contributed by atoms with Gasteiger partial charge in [0.2, 0.25) is 11.8 Å². The van der Waals surface area contributed by atoms with Gasteiger partial charge in [0.15, 0.2) is 0 Å². The fourth-order valence-corrected chi connectivity index (χ4v) is 4.06. The number of amides is 1. The van der Waals surface area contributed by atoms with Crippen LogP contribution in [0.25, 0.3) is 0 Å². The number of aryl methyl sites for hydroxylation is 1. The summed E-state index contributed by atoms with van der Waals surface area (Å²) in [6.07, 6.45) is 10.1. The van der Waals surface area contributed by atoms with E-state index in [1.807, 2.05) is 9.58 Å². The van der Waals surface area contributed by atoms with Gasteiger partial charge in [-0.1, -0.05) is 12.8 Å². The summed E-state index contributed by atoms with van der Waals surface area (Å²) in [6, 6.07) is 0. The lowest BCUT2D eigenvalue weighted by Gasteiger charge is -2.30. The maximum Gasteiger partial charge on any atom is 0.232 e. The van der Waals surface area contributed by atoms with Crippen LogP contribution in [0.15, 0.2) is 18.6 Å². The zero-order chi connectivity index (χ0) is 17.9. The molecule has 0 spiro atoms. The van der Waals surface area contributed by atoms with Gasteiger partial charge in [0.1, 0.15) is 12.3 Å². The highest BCUT2D eigenvalue weighted by Gasteiger charge is 2.32. The molecule has 7 nitrogen and oxygen atoms in total. The van der Waals surface area contributed by atoms with Crippen LogP contribution in [0.2, 0.25) is 0 Å². The molecule has 1 aliphatic carbocycles. The topological polar surface area (TPSA) is 73.1 Å². The Morgan fingerprint density at radius 1 is 1.31 bits per heavy atom. The lowest BCUT2D eigenvalue weighted by molar-refractivity contribution is -0.136. The summed E-state index contributed by atoms with van der Waals surface area (Å²) in [7, 11) is 0. The molecule has 0 N–H and O–H groups in total. The zero-order valence-corrected chi connectivity index (χ0v) is 15.2. The van der Waals surface area contributed by atoms with E-state index < -0.39 is 0 Å². The maximum atomic E-state index is 12.8. The minimum atomic E-state index is 0.220.